The number of aromatic nitrogens is 2. The highest BCUT2D eigenvalue weighted by molar-refractivity contribution is 6.32. The van der Waals surface area contributed by atoms with E-state index in [-0.39, 0.29) is 10.6 Å². The van der Waals surface area contributed by atoms with E-state index in [0.29, 0.717) is 11.1 Å². The fourth-order valence-electron chi connectivity index (χ4n) is 2.49. The summed E-state index contributed by atoms with van der Waals surface area (Å²) in [4.78, 5) is 11.6. The summed E-state index contributed by atoms with van der Waals surface area (Å²) >= 11 is 6.01. The lowest BCUT2D eigenvalue weighted by atomic mass is 10.0. The first-order chi connectivity index (χ1) is 8.12. The Kier molecular flexibility index (Phi) is 2.43. The SMILES string of the molecule is Cn1ncc(NCC2(C3CC3)CC2)c(Cl)c1=O. The molecule has 0 amide bonds. The van der Waals surface area contributed by atoms with Crippen LogP contribution >= 0.6 is 11.6 Å². The van der Waals surface area contributed by atoms with E-state index in [2.05, 4.69) is 10.4 Å². The van der Waals surface area contributed by atoms with Crippen LogP contribution in [-0.4, -0.2) is 16.3 Å². The van der Waals surface area contributed by atoms with Gasteiger partial charge in [0.1, 0.15) is 5.02 Å². The molecular formula is C12H16ClN3O. The van der Waals surface area contributed by atoms with Crippen LogP contribution in [0, 0.1) is 11.3 Å². The van der Waals surface area contributed by atoms with E-state index in [9.17, 15) is 4.79 Å². The van der Waals surface area contributed by atoms with Crippen molar-refractivity contribution < 1.29 is 0 Å². The molecule has 1 heterocycles. The van der Waals surface area contributed by atoms with Crippen molar-refractivity contribution in [3.8, 4) is 0 Å². The van der Waals surface area contributed by atoms with Crippen molar-refractivity contribution in [2.75, 3.05) is 11.9 Å². The minimum atomic E-state index is -0.243. The van der Waals surface area contributed by atoms with E-state index >= 15 is 0 Å². The summed E-state index contributed by atoms with van der Waals surface area (Å²) in [5, 5.41) is 7.52. The zero-order valence-electron chi connectivity index (χ0n) is 9.87. The van der Waals surface area contributed by atoms with Gasteiger partial charge in [0, 0.05) is 13.6 Å². The maximum absolute atomic E-state index is 11.6. The minimum absolute atomic E-state index is 0.243. The van der Waals surface area contributed by atoms with Gasteiger partial charge in [0.25, 0.3) is 5.56 Å². The van der Waals surface area contributed by atoms with Crippen LogP contribution in [0.4, 0.5) is 5.69 Å². The summed E-state index contributed by atoms with van der Waals surface area (Å²) in [7, 11) is 1.60. The molecule has 0 aromatic carbocycles. The van der Waals surface area contributed by atoms with Crippen LogP contribution in [0.5, 0.6) is 0 Å². The van der Waals surface area contributed by atoms with Crippen LogP contribution in [0.3, 0.4) is 0 Å². The van der Waals surface area contributed by atoms with Gasteiger partial charge in [-0.25, -0.2) is 4.68 Å². The van der Waals surface area contributed by atoms with Crippen molar-refractivity contribution in [2.24, 2.45) is 18.4 Å². The molecule has 17 heavy (non-hydrogen) atoms. The average Bonchev–Trinajstić information content (AvgIpc) is 3.15. The summed E-state index contributed by atoms with van der Waals surface area (Å²) in [5.41, 5.74) is 0.916. The van der Waals surface area contributed by atoms with Crippen molar-refractivity contribution in [1.82, 2.24) is 9.78 Å². The van der Waals surface area contributed by atoms with Crippen molar-refractivity contribution >= 4 is 17.3 Å². The summed E-state index contributed by atoms with van der Waals surface area (Å²) in [6.07, 6.45) is 6.97. The van der Waals surface area contributed by atoms with Crippen molar-refractivity contribution in [1.29, 1.82) is 0 Å². The predicted molar refractivity (Wildman–Crippen MR) is 67.4 cm³/mol. The van der Waals surface area contributed by atoms with Gasteiger partial charge in [0.05, 0.1) is 11.9 Å². The van der Waals surface area contributed by atoms with Gasteiger partial charge in [0.2, 0.25) is 0 Å². The normalized spacial score (nSPS) is 21.3. The molecule has 0 unspecified atom stereocenters. The first-order valence-electron chi connectivity index (χ1n) is 6.08. The average molecular weight is 254 g/mol. The number of anilines is 1. The molecular weight excluding hydrogens is 238 g/mol. The highest BCUT2D eigenvalue weighted by Crippen LogP contribution is 2.61. The highest BCUT2D eigenvalue weighted by Gasteiger charge is 2.53. The van der Waals surface area contributed by atoms with E-state index in [1.807, 2.05) is 0 Å². The third-order valence-electron chi connectivity index (χ3n) is 4.04. The molecule has 0 bridgehead atoms. The summed E-state index contributed by atoms with van der Waals surface area (Å²) in [6.45, 7) is 0.923. The van der Waals surface area contributed by atoms with Crippen LogP contribution in [0.15, 0.2) is 11.0 Å². The molecule has 0 aliphatic heterocycles. The molecule has 0 radical (unpaired) electrons. The van der Waals surface area contributed by atoms with E-state index in [1.165, 1.54) is 30.4 Å². The fraction of sp³-hybridized carbons (Fsp3) is 0.667. The molecule has 1 N–H and O–H groups in total. The molecule has 0 spiro atoms. The Bertz CT molecular complexity index is 503. The number of halogens is 1. The second kappa shape index (κ2) is 3.73. The number of hydrogen-bond donors (Lipinski definition) is 1. The lowest BCUT2D eigenvalue weighted by Crippen LogP contribution is -2.23. The monoisotopic (exact) mass is 253 g/mol. The number of rotatable bonds is 4. The Hall–Kier alpha value is -1.03. The molecule has 92 valence electrons. The second-order valence-electron chi connectivity index (χ2n) is 5.29. The van der Waals surface area contributed by atoms with Gasteiger partial charge >= 0.3 is 0 Å². The van der Waals surface area contributed by atoms with Crippen LogP contribution in [-0.2, 0) is 7.05 Å². The van der Waals surface area contributed by atoms with Crippen molar-refractivity contribution in [3.05, 3.63) is 21.6 Å². The third-order valence-corrected chi connectivity index (χ3v) is 4.41. The van der Waals surface area contributed by atoms with Gasteiger partial charge in [-0.2, -0.15) is 5.10 Å². The highest BCUT2D eigenvalue weighted by atomic mass is 35.5. The Labute approximate surface area is 105 Å². The van der Waals surface area contributed by atoms with Crippen LogP contribution in [0.1, 0.15) is 25.7 Å². The quantitative estimate of drug-likeness (QED) is 0.893. The summed E-state index contributed by atoms with van der Waals surface area (Å²) < 4.78 is 1.25. The molecule has 5 heteroatoms. The van der Waals surface area contributed by atoms with Crippen molar-refractivity contribution in [3.63, 3.8) is 0 Å². The lowest BCUT2D eigenvalue weighted by Gasteiger charge is -2.16. The van der Waals surface area contributed by atoms with E-state index in [0.717, 1.165) is 12.5 Å². The third kappa shape index (κ3) is 1.95. The topological polar surface area (TPSA) is 46.9 Å². The Morgan fingerprint density at radius 1 is 1.59 bits per heavy atom. The largest absolute Gasteiger partial charge is 0.382 e. The molecule has 3 rings (SSSR count). The number of aryl methyl sites for hydroxylation is 1. The first kappa shape index (κ1) is 11.1. The molecule has 1 aromatic heterocycles. The number of nitrogens with one attached hydrogen (secondary N) is 1. The predicted octanol–water partition coefficient (Wildman–Crippen LogP) is 2.04. The molecule has 2 saturated carbocycles. The van der Waals surface area contributed by atoms with E-state index < -0.39 is 0 Å². The zero-order chi connectivity index (χ0) is 12.0. The molecule has 2 aliphatic rings. The summed E-state index contributed by atoms with van der Waals surface area (Å²) in [6, 6.07) is 0. The fourth-order valence-corrected chi connectivity index (χ4v) is 2.73. The van der Waals surface area contributed by atoms with Gasteiger partial charge in [-0.1, -0.05) is 11.6 Å². The van der Waals surface area contributed by atoms with E-state index in [4.69, 9.17) is 11.6 Å². The molecule has 2 aliphatic carbocycles. The van der Waals surface area contributed by atoms with Crippen LogP contribution in [0.2, 0.25) is 5.02 Å². The van der Waals surface area contributed by atoms with Gasteiger partial charge < -0.3 is 5.32 Å². The van der Waals surface area contributed by atoms with E-state index in [1.54, 1.807) is 13.2 Å². The number of hydrogen-bond acceptors (Lipinski definition) is 3. The van der Waals surface area contributed by atoms with Crippen LogP contribution < -0.4 is 10.9 Å². The summed E-state index contributed by atoms with van der Waals surface area (Å²) in [5.74, 6) is 0.897. The molecule has 0 saturated heterocycles. The molecule has 4 nitrogen and oxygen atoms in total. The second-order valence-corrected chi connectivity index (χ2v) is 5.67. The Balaban J connectivity index is 1.73. The maximum atomic E-state index is 11.6. The Morgan fingerprint density at radius 2 is 2.29 bits per heavy atom. The zero-order valence-corrected chi connectivity index (χ0v) is 10.6. The molecule has 2 fully saturated rings. The maximum Gasteiger partial charge on any atom is 0.287 e. The minimum Gasteiger partial charge on any atom is -0.382 e. The Morgan fingerprint density at radius 3 is 2.88 bits per heavy atom. The van der Waals surface area contributed by atoms with Crippen LogP contribution in [0.25, 0.3) is 0 Å². The first-order valence-corrected chi connectivity index (χ1v) is 6.46. The molecule has 1 aromatic rings. The molecule has 0 atom stereocenters. The van der Waals surface area contributed by atoms with Gasteiger partial charge in [-0.05, 0) is 37.0 Å². The number of nitrogens with zero attached hydrogens (tertiary/aromatic N) is 2. The van der Waals surface area contributed by atoms with Gasteiger partial charge in [-0.3, -0.25) is 4.79 Å². The van der Waals surface area contributed by atoms with Gasteiger partial charge in [-0.15, -0.1) is 0 Å². The lowest BCUT2D eigenvalue weighted by molar-refractivity contribution is 0.466. The van der Waals surface area contributed by atoms with Gasteiger partial charge in [0.15, 0.2) is 0 Å². The van der Waals surface area contributed by atoms with Crippen molar-refractivity contribution in [2.45, 2.75) is 25.7 Å². The standard InChI is InChI=1S/C12H16ClN3O/c1-16-11(17)10(13)9(6-15-16)14-7-12(4-5-12)8-2-3-8/h6,8,14H,2-5,7H2,1H3. The smallest absolute Gasteiger partial charge is 0.287 e.